The average molecular weight is 372 g/mol. The van der Waals surface area contributed by atoms with Crippen molar-refractivity contribution < 1.29 is 9.66 Å². The first-order valence-corrected chi connectivity index (χ1v) is 10.5. The Kier molecular flexibility index (Phi) is 4.20. The van der Waals surface area contributed by atoms with Crippen molar-refractivity contribution in [1.82, 2.24) is 9.97 Å². The van der Waals surface area contributed by atoms with Gasteiger partial charge in [0.05, 0.1) is 4.92 Å². The summed E-state index contributed by atoms with van der Waals surface area (Å²) >= 11 is 0. The lowest BCUT2D eigenvalue weighted by Crippen LogP contribution is -2.55. The van der Waals surface area contributed by atoms with Gasteiger partial charge in [-0.15, -0.1) is 0 Å². The van der Waals surface area contributed by atoms with Gasteiger partial charge in [0.25, 0.3) is 5.88 Å². The summed E-state index contributed by atoms with van der Waals surface area (Å²) in [4.78, 5) is 19.9. The number of rotatable bonds is 5. The molecule has 5 aliphatic carbocycles. The summed E-state index contributed by atoms with van der Waals surface area (Å²) < 4.78 is 5.98. The summed E-state index contributed by atoms with van der Waals surface area (Å²) in [6.45, 7) is 0. The first-order chi connectivity index (χ1) is 13.1. The first-order valence-electron chi connectivity index (χ1n) is 10.5. The van der Waals surface area contributed by atoms with E-state index >= 15 is 0 Å². The van der Waals surface area contributed by atoms with E-state index in [9.17, 15) is 10.1 Å². The molecular weight excluding hydrogens is 344 g/mol. The third-order valence-electron chi connectivity index (χ3n) is 7.22. The fourth-order valence-corrected chi connectivity index (χ4v) is 6.56. The molecule has 7 nitrogen and oxygen atoms in total. The van der Waals surface area contributed by atoms with E-state index in [1.807, 2.05) is 0 Å². The smallest absolute Gasteiger partial charge is 0.372 e. The summed E-state index contributed by atoms with van der Waals surface area (Å²) in [6.07, 6.45) is 14.1. The zero-order valence-corrected chi connectivity index (χ0v) is 15.7. The van der Waals surface area contributed by atoms with Gasteiger partial charge in [0, 0.05) is 5.54 Å². The lowest BCUT2D eigenvalue weighted by atomic mass is 9.53. The summed E-state index contributed by atoms with van der Waals surface area (Å²) in [6, 6.07) is 0. The molecule has 0 saturated heterocycles. The lowest BCUT2D eigenvalue weighted by molar-refractivity contribution is -0.385. The molecule has 0 aliphatic heterocycles. The van der Waals surface area contributed by atoms with Gasteiger partial charge in [-0.05, 0) is 82.0 Å². The zero-order valence-electron chi connectivity index (χ0n) is 15.7. The third kappa shape index (κ3) is 3.25. The quantitative estimate of drug-likeness (QED) is 0.605. The van der Waals surface area contributed by atoms with Crippen LogP contribution in [0.25, 0.3) is 0 Å². The van der Waals surface area contributed by atoms with E-state index in [0.717, 1.165) is 62.7 Å². The number of hydrogen-bond acceptors (Lipinski definition) is 6. The molecule has 5 fully saturated rings. The Bertz CT molecular complexity index is 697. The van der Waals surface area contributed by atoms with E-state index in [1.54, 1.807) is 0 Å². The molecule has 27 heavy (non-hydrogen) atoms. The minimum atomic E-state index is -0.374. The Labute approximate surface area is 159 Å². The largest absolute Gasteiger partial charge is 0.469 e. The van der Waals surface area contributed by atoms with E-state index in [4.69, 9.17) is 4.74 Å². The molecule has 1 heterocycles. The van der Waals surface area contributed by atoms with E-state index < -0.39 is 0 Å². The van der Waals surface area contributed by atoms with Gasteiger partial charge < -0.3 is 10.1 Å². The average Bonchev–Trinajstić information content (AvgIpc) is 2.61. The molecule has 0 amide bonds. The first kappa shape index (κ1) is 17.2. The van der Waals surface area contributed by atoms with Crippen LogP contribution in [0, 0.1) is 27.9 Å². The molecule has 0 radical (unpaired) electrons. The Morgan fingerprint density at radius 1 is 1.04 bits per heavy atom. The fourth-order valence-electron chi connectivity index (χ4n) is 6.56. The van der Waals surface area contributed by atoms with Crippen LogP contribution in [0.3, 0.4) is 0 Å². The maximum Gasteiger partial charge on any atom is 0.372 e. The molecule has 1 aromatic rings. The predicted molar refractivity (Wildman–Crippen MR) is 101 cm³/mol. The van der Waals surface area contributed by atoms with Crippen molar-refractivity contribution in [2.45, 2.75) is 82.3 Å². The molecule has 5 aliphatic rings. The minimum Gasteiger partial charge on any atom is -0.469 e. The van der Waals surface area contributed by atoms with Crippen LogP contribution in [0.4, 0.5) is 11.5 Å². The van der Waals surface area contributed by atoms with E-state index in [0.29, 0.717) is 5.82 Å². The maximum absolute atomic E-state index is 11.9. The van der Waals surface area contributed by atoms with Gasteiger partial charge in [-0.2, -0.15) is 4.98 Å². The Morgan fingerprint density at radius 3 is 2.26 bits per heavy atom. The topological polar surface area (TPSA) is 90.2 Å². The van der Waals surface area contributed by atoms with Gasteiger partial charge >= 0.3 is 5.69 Å². The molecule has 0 spiro atoms. The number of nitrogens with zero attached hydrogens (tertiary/aromatic N) is 3. The molecule has 1 aromatic heterocycles. The highest BCUT2D eigenvalue weighted by Crippen LogP contribution is 2.57. The van der Waals surface area contributed by atoms with E-state index in [1.165, 1.54) is 32.0 Å². The van der Waals surface area contributed by atoms with Crippen LogP contribution < -0.4 is 10.1 Å². The molecule has 0 atom stereocenters. The van der Waals surface area contributed by atoms with Gasteiger partial charge in [-0.25, -0.2) is 4.98 Å². The van der Waals surface area contributed by atoms with Gasteiger partial charge in [0.15, 0.2) is 0 Å². The van der Waals surface area contributed by atoms with Crippen LogP contribution in [0.1, 0.15) is 70.6 Å². The van der Waals surface area contributed by atoms with Gasteiger partial charge in [-0.1, -0.05) is 6.42 Å². The number of nitro groups is 1. The number of anilines is 1. The van der Waals surface area contributed by atoms with Crippen molar-refractivity contribution in [2.75, 3.05) is 5.32 Å². The van der Waals surface area contributed by atoms with Crippen LogP contribution in [-0.4, -0.2) is 26.5 Å². The standard InChI is InChI=1S/C20H28N4O3/c25-24(26)17-18(21-12-22-19(17)27-16-4-2-1-3-5-16)23-20-9-13-6-14(10-20)8-15(7-13)11-20/h12-16H,1-11H2,(H,21,22,23). The van der Waals surface area contributed by atoms with Crippen molar-refractivity contribution in [3.63, 3.8) is 0 Å². The van der Waals surface area contributed by atoms with Gasteiger partial charge in [-0.3, -0.25) is 10.1 Å². The van der Waals surface area contributed by atoms with Crippen molar-refractivity contribution in [3.05, 3.63) is 16.4 Å². The lowest BCUT2D eigenvalue weighted by Gasteiger charge is -2.57. The second-order valence-electron chi connectivity index (χ2n) is 9.33. The SMILES string of the molecule is O=[N+]([O-])c1c(NC23CC4CC(CC(C4)C2)C3)ncnc1OC1CCCCC1. The van der Waals surface area contributed by atoms with Crippen LogP contribution in [0.15, 0.2) is 6.33 Å². The molecule has 1 N–H and O–H groups in total. The third-order valence-corrected chi connectivity index (χ3v) is 7.22. The van der Waals surface area contributed by atoms with Gasteiger partial charge in [0.1, 0.15) is 12.4 Å². The van der Waals surface area contributed by atoms with Crippen molar-refractivity contribution in [3.8, 4) is 5.88 Å². The number of nitrogens with one attached hydrogen (secondary N) is 1. The van der Waals surface area contributed by atoms with Crippen LogP contribution in [0.2, 0.25) is 0 Å². The van der Waals surface area contributed by atoms with Crippen molar-refractivity contribution in [1.29, 1.82) is 0 Å². The van der Waals surface area contributed by atoms with Crippen LogP contribution in [0.5, 0.6) is 5.88 Å². The van der Waals surface area contributed by atoms with Crippen molar-refractivity contribution >= 4 is 11.5 Å². The number of ether oxygens (including phenoxy) is 1. The van der Waals surface area contributed by atoms with Crippen LogP contribution >= 0.6 is 0 Å². The fraction of sp³-hybridized carbons (Fsp3) is 0.800. The highest BCUT2D eigenvalue weighted by Gasteiger charge is 2.51. The Hall–Kier alpha value is -1.92. The second kappa shape index (κ2) is 6.60. The second-order valence-corrected chi connectivity index (χ2v) is 9.33. The summed E-state index contributed by atoms with van der Waals surface area (Å²) in [5.74, 6) is 2.78. The Morgan fingerprint density at radius 2 is 1.67 bits per heavy atom. The zero-order chi connectivity index (χ0) is 18.4. The molecule has 5 saturated carbocycles. The maximum atomic E-state index is 11.9. The molecular formula is C20H28N4O3. The Balaban J connectivity index is 1.42. The molecule has 4 bridgehead atoms. The number of aromatic nitrogens is 2. The molecule has 7 heteroatoms. The molecule has 0 unspecified atom stereocenters. The monoisotopic (exact) mass is 372 g/mol. The van der Waals surface area contributed by atoms with E-state index in [-0.39, 0.29) is 28.1 Å². The van der Waals surface area contributed by atoms with Gasteiger partial charge in [0.2, 0.25) is 5.82 Å². The molecule has 0 aromatic carbocycles. The minimum absolute atomic E-state index is 0.0275. The molecule has 6 rings (SSSR count). The molecule has 146 valence electrons. The summed E-state index contributed by atoms with van der Waals surface area (Å²) in [5.41, 5.74) is -0.116. The predicted octanol–water partition coefficient (Wildman–Crippen LogP) is 4.48. The highest BCUT2D eigenvalue weighted by atomic mass is 16.6. The van der Waals surface area contributed by atoms with Crippen LogP contribution in [-0.2, 0) is 0 Å². The van der Waals surface area contributed by atoms with E-state index in [2.05, 4.69) is 15.3 Å². The summed E-state index contributed by atoms with van der Waals surface area (Å²) in [5, 5.41) is 15.4. The highest BCUT2D eigenvalue weighted by molar-refractivity contribution is 5.62. The number of hydrogen-bond donors (Lipinski definition) is 1. The normalized spacial score (nSPS) is 35.2. The van der Waals surface area contributed by atoms with Crippen molar-refractivity contribution in [2.24, 2.45) is 17.8 Å². The summed E-state index contributed by atoms with van der Waals surface area (Å²) in [7, 11) is 0.